The minimum Gasteiger partial charge on any atom is -0.497 e. The molecule has 0 amide bonds. The zero-order valence-electron chi connectivity index (χ0n) is 13.2. The van der Waals surface area contributed by atoms with Crippen LogP contribution in [0.4, 0.5) is 0 Å². The van der Waals surface area contributed by atoms with Crippen LogP contribution in [0.2, 0.25) is 0 Å². The first-order valence-electron chi connectivity index (χ1n) is 6.96. The van der Waals surface area contributed by atoms with Crippen molar-refractivity contribution in [3.63, 3.8) is 0 Å². The van der Waals surface area contributed by atoms with E-state index in [1.165, 1.54) is 0 Å². The molecule has 2 unspecified atom stereocenters. The van der Waals surface area contributed by atoms with Crippen LogP contribution >= 0.6 is 0 Å². The minimum absolute atomic E-state index is 0.0900. The highest BCUT2D eigenvalue weighted by Gasteiger charge is 2.21. The first kappa shape index (κ1) is 17.0. The minimum atomic E-state index is -0.184. The molecule has 1 aromatic carbocycles. The number of ether oxygens (including phenoxy) is 3. The smallest absolute Gasteiger partial charge is 0.119 e. The van der Waals surface area contributed by atoms with Gasteiger partial charge in [0, 0.05) is 13.2 Å². The van der Waals surface area contributed by atoms with E-state index >= 15 is 0 Å². The van der Waals surface area contributed by atoms with E-state index in [9.17, 15) is 0 Å². The van der Waals surface area contributed by atoms with Crippen LogP contribution < -0.4 is 10.5 Å². The Morgan fingerprint density at radius 3 is 2.50 bits per heavy atom. The fourth-order valence-electron chi connectivity index (χ4n) is 1.90. The van der Waals surface area contributed by atoms with Gasteiger partial charge in [-0.05, 0) is 44.9 Å². The van der Waals surface area contributed by atoms with Gasteiger partial charge in [0.2, 0.25) is 0 Å². The summed E-state index contributed by atoms with van der Waals surface area (Å²) >= 11 is 0. The predicted molar refractivity (Wildman–Crippen MR) is 81.0 cm³/mol. The summed E-state index contributed by atoms with van der Waals surface area (Å²) in [5, 5.41) is 0. The fourth-order valence-corrected chi connectivity index (χ4v) is 1.90. The lowest BCUT2D eigenvalue weighted by Gasteiger charge is -2.26. The van der Waals surface area contributed by atoms with Crippen LogP contribution in [-0.4, -0.2) is 32.5 Å². The maximum Gasteiger partial charge on any atom is 0.119 e. The SMILES string of the molecule is COc1cccc(C(OCCC(C)(C)OC)C(C)N)c1. The number of rotatable bonds is 8. The topological polar surface area (TPSA) is 53.7 Å². The molecule has 1 rings (SSSR count). The van der Waals surface area contributed by atoms with Gasteiger partial charge in [-0.2, -0.15) is 0 Å². The Morgan fingerprint density at radius 1 is 1.25 bits per heavy atom. The molecular weight excluding hydrogens is 254 g/mol. The monoisotopic (exact) mass is 281 g/mol. The van der Waals surface area contributed by atoms with Crippen LogP contribution in [0, 0.1) is 0 Å². The van der Waals surface area contributed by atoms with E-state index in [0.717, 1.165) is 17.7 Å². The highest BCUT2D eigenvalue weighted by Crippen LogP contribution is 2.25. The summed E-state index contributed by atoms with van der Waals surface area (Å²) in [4.78, 5) is 0. The molecule has 0 aliphatic rings. The summed E-state index contributed by atoms with van der Waals surface area (Å²) in [5.41, 5.74) is 6.90. The van der Waals surface area contributed by atoms with Crippen molar-refractivity contribution in [3.05, 3.63) is 29.8 Å². The maximum absolute atomic E-state index is 6.05. The van der Waals surface area contributed by atoms with Gasteiger partial charge in [-0.3, -0.25) is 0 Å². The predicted octanol–water partition coefficient (Wildman–Crippen LogP) is 2.92. The van der Waals surface area contributed by atoms with Crippen molar-refractivity contribution in [2.75, 3.05) is 20.8 Å². The lowest BCUT2D eigenvalue weighted by Crippen LogP contribution is -2.30. The first-order chi connectivity index (χ1) is 9.39. The van der Waals surface area contributed by atoms with Crippen LogP contribution in [-0.2, 0) is 9.47 Å². The largest absolute Gasteiger partial charge is 0.497 e. The van der Waals surface area contributed by atoms with E-state index in [2.05, 4.69) is 0 Å². The summed E-state index contributed by atoms with van der Waals surface area (Å²) in [7, 11) is 3.37. The number of hydrogen-bond donors (Lipinski definition) is 1. The van der Waals surface area contributed by atoms with Crippen molar-refractivity contribution in [2.45, 2.75) is 44.9 Å². The number of hydrogen-bond acceptors (Lipinski definition) is 4. The van der Waals surface area contributed by atoms with Gasteiger partial charge in [-0.25, -0.2) is 0 Å². The van der Waals surface area contributed by atoms with Crippen molar-refractivity contribution in [1.29, 1.82) is 0 Å². The normalized spacial score (nSPS) is 14.9. The third-order valence-electron chi connectivity index (χ3n) is 3.45. The average molecular weight is 281 g/mol. The average Bonchev–Trinajstić information content (AvgIpc) is 2.43. The van der Waals surface area contributed by atoms with E-state index in [-0.39, 0.29) is 17.7 Å². The standard InChI is InChI=1S/C16H27NO3/c1-12(17)15(20-10-9-16(2,3)19-5)13-7-6-8-14(11-13)18-4/h6-8,11-12,15H,9-10,17H2,1-5H3. The summed E-state index contributed by atoms with van der Waals surface area (Å²) in [6, 6.07) is 7.75. The van der Waals surface area contributed by atoms with Gasteiger partial charge in [0.05, 0.1) is 25.4 Å². The van der Waals surface area contributed by atoms with E-state index in [0.29, 0.717) is 6.61 Å². The molecule has 0 aromatic heterocycles. The molecule has 0 saturated heterocycles. The molecule has 4 heteroatoms. The Kier molecular flexibility index (Phi) is 6.46. The van der Waals surface area contributed by atoms with E-state index in [1.807, 2.05) is 45.0 Å². The lowest BCUT2D eigenvalue weighted by molar-refractivity contribution is -0.0318. The van der Waals surface area contributed by atoms with Gasteiger partial charge in [0.1, 0.15) is 5.75 Å². The zero-order valence-corrected chi connectivity index (χ0v) is 13.2. The van der Waals surface area contributed by atoms with Crippen molar-refractivity contribution in [3.8, 4) is 5.75 Å². The molecule has 0 fully saturated rings. The second-order valence-corrected chi connectivity index (χ2v) is 5.64. The van der Waals surface area contributed by atoms with Crippen LogP contribution in [0.1, 0.15) is 38.9 Å². The second kappa shape index (κ2) is 7.62. The summed E-state index contributed by atoms with van der Waals surface area (Å²) in [6.45, 7) is 6.64. The third-order valence-corrected chi connectivity index (χ3v) is 3.45. The molecule has 1 aromatic rings. The zero-order chi connectivity index (χ0) is 15.2. The molecule has 0 heterocycles. The van der Waals surface area contributed by atoms with Crippen molar-refractivity contribution < 1.29 is 14.2 Å². The highest BCUT2D eigenvalue weighted by atomic mass is 16.5. The molecule has 2 N–H and O–H groups in total. The molecule has 0 bridgehead atoms. The number of nitrogens with two attached hydrogens (primary N) is 1. The van der Waals surface area contributed by atoms with Crippen molar-refractivity contribution in [2.24, 2.45) is 5.73 Å². The molecule has 0 saturated carbocycles. The molecular formula is C16H27NO3. The van der Waals surface area contributed by atoms with Crippen molar-refractivity contribution >= 4 is 0 Å². The van der Waals surface area contributed by atoms with Crippen LogP contribution in [0.3, 0.4) is 0 Å². The molecule has 0 aliphatic carbocycles. The van der Waals surface area contributed by atoms with E-state index < -0.39 is 0 Å². The van der Waals surface area contributed by atoms with Crippen molar-refractivity contribution in [1.82, 2.24) is 0 Å². The molecule has 20 heavy (non-hydrogen) atoms. The molecule has 2 atom stereocenters. The Bertz CT molecular complexity index is 404. The second-order valence-electron chi connectivity index (χ2n) is 5.64. The van der Waals surface area contributed by atoms with Gasteiger partial charge in [0.15, 0.2) is 0 Å². The number of methoxy groups -OCH3 is 2. The summed E-state index contributed by atoms with van der Waals surface area (Å²) in [5.74, 6) is 0.814. The van der Waals surface area contributed by atoms with Gasteiger partial charge in [0.25, 0.3) is 0 Å². The third kappa shape index (κ3) is 5.12. The van der Waals surface area contributed by atoms with Gasteiger partial charge in [-0.15, -0.1) is 0 Å². The van der Waals surface area contributed by atoms with Gasteiger partial charge in [-0.1, -0.05) is 12.1 Å². The quantitative estimate of drug-likeness (QED) is 0.796. The van der Waals surface area contributed by atoms with Gasteiger partial charge >= 0.3 is 0 Å². The molecule has 0 radical (unpaired) electrons. The molecule has 4 nitrogen and oxygen atoms in total. The summed E-state index contributed by atoms with van der Waals surface area (Å²) < 4.78 is 16.6. The Hall–Kier alpha value is -1.10. The van der Waals surface area contributed by atoms with E-state index in [1.54, 1.807) is 14.2 Å². The molecule has 114 valence electrons. The van der Waals surface area contributed by atoms with E-state index in [4.69, 9.17) is 19.9 Å². The summed E-state index contributed by atoms with van der Waals surface area (Å²) in [6.07, 6.45) is 0.675. The fraction of sp³-hybridized carbons (Fsp3) is 0.625. The van der Waals surface area contributed by atoms with Gasteiger partial charge < -0.3 is 19.9 Å². The Labute approximate surface area is 122 Å². The first-order valence-corrected chi connectivity index (χ1v) is 6.96. The Morgan fingerprint density at radius 2 is 1.95 bits per heavy atom. The molecule has 0 spiro atoms. The molecule has 0 aliphatic heterocycles. The lowest BCUT2D eigenvalue weighted by atomic mass is 10.0. The van der Waals surface area contributed by atoms with Crippen LogP contribution in [0.25, 0.3) is 0 Å². The van der Waals surface area contributed by atoms with Crippen LogP contribution in [0.5, 0.6) is 5.75 Å². The maximum atomic E-state index is 6.05. The number of benzene rings is 1. The highest BCUT2D eigenvalue weighted by molar-refractivity contribution is 5.30. The Balaban J connectivity index is 2.69. The van der Waals surface area contributed by atoms with Crippen LogP contribution in [0.15, 0.2) is 24.3 Å².